The maximum Gasteiger partial charge on any atom is 0.134 e. The van der Waals surface area contributed by atoms with Crippen molar-refractivity contribution in [3.8, 4) is 17.6 Å². The first kappa shape index (κ1) is 12.0. The lowest BCUT2D eigenvalue weighted by molar-refractivity contribution is 0.0610. The van der Waals surface area contributed by atoms with Crippen LogP contribution in [0.4, 0.5) is 0 Å². The van der Waals surface area contributed by atoms with E-state index in [9.17, 15) is 5.11 Å². The predicted octanol–water partition coefficient (Wildman–Crippen LogP) is 2.74. The molecule has 0 radical (unpaired) electrons. The van der Waals surface area contributed by atoms with E-state index < -0.39 is 5.60 Å². The van der Waals surface area contributed by atoms with Crippen molar-refractivity contribution in [1.29, 1.82) is 0 Å². The lowest BCUT2D eigenvalue weighted by Crippen LogP contribution is -2.29. The number of methoxy groups -OCH3 is 1. The minimum atomic E-state index is -0.793. The van der Waals surface area contributed by atoms with Gasteiger partial charge in [0.25, 0.3) is 0 Å². The van der Waals surface area contributed by atoms with Crippen LogP contribution in [0, 0.1) is 11.8 Å². The molecule has 2 rings (SSSR count). The van der Waals surface area contributed by atoms with E-state index in [2.05, 4.69) is 11.8 Å². The quantitative estimate of drug-likeness (QED) is 0.752. The van der Waals surface area contributed by atoms with Crippen molar-refractivity contribution in [2.24, 2.45) is 0 Å². The van der Waals surface area contributed by atoms with Gasteiger partial charge in [0.2, 0.25) is 0 Å². The standard InChI is InChI=1S/C15H18O2/c1-17-14-8-4-3-7-13(14)9-12-15(16)10-5-2-6-11-15/h3-4,7-8,16H,2,5-6,10-11H2,1H3. The Bertz CT molecular complexity index is 434. The Balaban J connectivity index is 2.20. The summed E-state index contributed by atoms with van der Waals surface area (Å²) in [7, 11) is 1.63. The summed E-state index contributed by atoms with van der Waals surface area (Å²) in [5.74, 6) is 6.83. The second-order valence-corrected chi connectivity index (χ2v) is 4.54. The van der Waals surface area contributed by atoms with E-state index in [1.54, 1.807) is 7.11 Å². The molecule has 0 spiro atoms. The number of rotatable bonds is 1. The van der Waals surface area contributed by atoms with Crippen LogP contribution in [0.25, 0.3) is 0 Å². The van der Waals surface area contributed by atoms with E-state index in [4.69, 9.17) is 4.74 Å². The number of hydrogen-bond acceptors (Lipinski definition) is 2. The SMILES string of the molecule is COc1ccccc1C#CC1(O)CCCCC1. The van der Waals surface area contributed by atoms with Gasteiger partial charge in [0.15, 0.2) is 0 Å². The van der Waals surface area contributed by atoms with Gasteiger partial charge in [-0.1, -0.05) is 30.4 Å². The molecule has 1 aromatic rings. The molecule has 1 fully saturated rings. The number of benzene rings is 1. The molecule has 1 aromatic carbocycles. The van der Waals surface area contributed by atoms with Crippen molar-refractivity contribution < 1.29 is 9.84 Å². The summed E-state index contributed by atoms with van der Waals surface area (Å²) in [5, 5.41) is 10.3. The highest BCUT2D eigenvalue weighted by molar-refractivity contribution is 5.46. The van der Waals surface area contributed by atoms with Crippen LogP contribution in [0.1, 0.15) is 37.7 Å². The maximum absolute atomic E-state index is 10.3. The summed E-state index contributed by atoms with van der Waals surface area (Å²) < 4.78 is 5.23. The van der Waals surface area contributed by atoms with Crippen molar-refractivity contribution in [3.05, 3.63) is 29.8 Å². The molecule has 0 unspecified atom stereocenters. The third-order valence-electron chi connectivity index (χ3n) is 3.22. The Kier molecular flexibility index (Phi) is 3.71. The van der Waals surface area contributed by atoms with Crippen molar-refractivity contribution in [2.75, 3.05) is 7.11 Å². The Morgan fingerprint density at radius 3 is 2.59 bits per heavy atom. The van der Waals surface area contributed by atoms with Crippen molar-refractivity contribution in [2.45, 2.75) is 37.7 Å². The normalized spacial score (nSPS) is 18.0. The topological polar surface area (TPSA) is 29.5 Å². The molecule has 90 valence electrons. The number of aliphatic hydroxyl groups is 1. The Morgan fingerprint density at radius 1 is 1.18 bits per heavy atom. The van der Waals surface area contributed by atoms with Crippen LogP contribution < -0.4 is 4.74 Å². The highest BCUT2D eigenvalue weighted by atomic mass is 16.5. The smallest absolute Gasteiger partial charge is 0.134 e. The molecule has 0 aromatic heterocycles. The fourth-order valence-electron chi connectivity index (χ4n) is 2.19. The van der Waals surface area contributed by atoms with Crippen LogP contribution in [-0.2, 0) is 0 Å². The highest BCUT2D eigenvalue weighted by Gasteiger charge is 2.26. The van der Waals surface area contributed by atoms with Gasteiger partial charge in [-0.05, 0) is 37.8 Å². The molecule has 1 saturated carbocycles. The van der Waals surface area contributed by atoms with E-state index in [1.807, 2.05) is 24.3 Å². The van der Waals surface area contributed by atoms with Crippen LogP contribution in [0.3, 0.4) is 0 Å². The van der Waals surface area contributed by atoms with E-state index in [0.29, 0.717) is 0 Å². The monoisotopic (exact) mass is 230 g/mol. The van der Waals surface area contributed by atoms with E-state index in [1.165, 1.54) is 6.42 Å². The van der Waals surface area contributed by atoms with Gasteiger partial charge in [0, 0.05) is 0 Å². The van der Waals surface area contributed by atoms with Gasteiger partial charge >= 0.3 is 0 Å². The first-order chi connectivity index (χ1) is 8.23. The van der Waals surface area contributed by atoms with Crippen molar-refractivity contribution >= 4 is 0 Å². The molecule has 0 amide bonds. The van der Waals surface area contributed by atoms with E-state index >= 15 is 0 Å². The zero-order valence-corrected chi connectivity index (χ0v) is 10.2. The van der Waals surface area contributed by atoms with Crippen LogP contribution in [0.2, 0.25) is 0 Å². The summed E-state index contributed by atoms with van der Waals surface area (Å²) in [6.07, 6.45) is 4.91. The summed E-state index contributed by atoms with van der Waals surface area (Å²) >= 11 is 0. The highest BCUT2D eigenvalue weighted by Crippen LogP contribution is 2.27. The van der Waals surface area contributed by atoms with Crippen LogP contribution in [0.15, 0.2) is 24.3 Å². The number of para-hydroxylation sites is 1. The molecule has 17 heavy (non-hydrogen) atoms. The molecule has 1 aliphatic rings. The van der Waals surface area contributed by atoms with Crippen LogP contribution >= 0.6 is 0 Å². The first-order valence-corrected chi connectivity index (χ1v) is 6.12. The van der Waals surface area contributed by atoms with Crippen molar-refractivity contribution in [3.63, 3.8) is 0 Å². The Hall–Kier alpha value is -1.46. The van der Waals surface area contributed by atoms with Gasteiger partial charge in [-0.2, -0.15) is 0 Å². The molecule has 0 bridgehead atoms. The largest absolute Gasteiger partial charge is 0.495 e. The number of ether oxygens (including phenoxy) is 1. The molecular formula is C15H18O2. The molecule has 1 aliphatic carbocycles. The Morgan fingerprint density at radius 2 is 1.88 bits per heavy atom. The molecule has 0 atom stereocenters. The van der Waals surface area contributed by atoms with Gasteiger partial charge in [0.1, 0.15) is 11.4 Å². The van der Waals surface area contributed by atoms with Gasteiger partial charge in [-0.15, -0.1) is 0 Å². The zero-order chi connectivity index (χ0) is 12.1. The number of hydrogen-bond donors (Lipinski definition) is 1. The van der Waals surface area contributed by atoms with Crippen LogP contribution in [0.5, 0.6) is 5.75 Å². The molecule has 2 heteroatoms. The van der Waals surface area contributed by atoms with E-state index in [0.717, 1.165) is 37.0 Å². The lowest BCUT2D eigenvalue weighted by atomic mass is 9.85. The maximum atomic E-state index is 10.3. The average Bonchev–Trinajstić information content (AvgIpc) is 2.38. The molecule has 0 aliphatic heterocycles. The Labute approximate surface area is 103 Å². The average molecular weight is 230 g/mol. The zero-order valence-electron chi connectivity index (χ0n) is 10.2. The second-order valence-electron chi connectivity index (χ2n) is 4.54. The summed E-state index contributed by atoms with van der Waals surface area (Å²) in [5.41, 5.74) is 0.0491. The predicted molar refractivity (Wildman–Crippen MR) is 67.9 cm³/mol. The third kappa shape index (κ3) is 3.01. The van der Waals surface area contributed by atoms with Gasteiger partial charge < -0.3 is 9.84 Å². The summed E-state index contributed by atoms with van der Waals surface area (Å²) in [4.78, 5) is 0. The molecular weight excluding hydrogens is 212 g/mol. The summed E-state index contributed by atoms with van der Waals surface area (Å²) in [6.45, 7) is 0. The van der Waals surface area contributed by atoms with Crippen LogP contribution in [-0.4, -0.2) is 17.8 Å². The second kappa shape index (κ2) is 5.25. The van der Waals surface area contributed by atoms with Gasteiger partial charge in [-0.25, -0.2) is 0 Å². The molecule has 2 nitrogen and oxygen atoms in total. The first-order valence-electron chi connectivity index (χ1n) is 6.12. The van der Waals surface area contributed by atoms with Gasteiger partial charge in [-0.3, -0.25) is 0 Å². The fourth-order valence-corrected chi connectivity index (χ4v) is 2.19. The third-order valence-corrected chi connectivity index (χ3v) is 3.22. The molecule has 0 saturated heterocycles. The van der Waals surface area contributed by atoms with E-state index in [-0.39, 0.29) is 0 Å². The lowest BCUT2D eigenvalue weighted by Gasteiger charge is -2.26. The fraction of sp³-hybridized carbons (Fsp3) is 0.467. The summed E-state index contributed by atoms with van der Waals surface area (Å²) in [6, 6.07) is 7.64. The molecule has 0 heterocycles. The van der Waals surface area contributed by atoms with Gasteiger partial charge in [0.05, 0.1) is 12.7 Å². The molecule has 1 N–H and O–H groups in total. The minimum Gasteiger partial charge on any atom is -0.495 e. The minimum absolute atomic E-state index is 0.763. The van der Waals surface area contributed by atoms with Crippen molar-refractivity contribution in [1.82, 2.24) is 0 Å².